The highest BCUT2D eigenvalue weighted by Gasteiger charge is 2.44. The van der Waals surface area contributed by atoms with Crippen LogP contribution in [-0.2, 0) is 0 Å². The molecule has 8 heteroatoms. The van der Waals surface area contributed by atoms with Crippen molar-refractivity contribution < 1.29 is 0 Å². The topological polar surface area (TPSA) is 58.3 Å². The van der Waals surface area contributed by atoms with E-state index in [1.165, 1.54) is 32.1 Å². The van der Waals surface area contributed by atoms with E-state index in [0.717, 1.165) is 41.5 Å². The third-order valence-corrected chi connectivity index (χ3v) is 7.95. The zero-order chi connectivity index (χ0) is 20.9. The molecule has 30 heavy (non-hydrogen) atoms. The van der Waals surface area contributed by atoms with Gasteiger partial charge < -0.3 is 10.2 Å². The molecule has 0 radical (unpaired) electrons. The lowest BCUT2D eigenvalue weighted by molar-refractivity contribution is 0.177. The number of piperidine rings is 1. The molecule has 5 rings (SSSR count). The van der Waals surface area contributed by atoms with E-state index < -0.39 is 0 Å². The lowest BCUT2D eigenvalue weighted by atomic mass is 9.74. The molecule has 0 bridgehead atoms. The average molecular weight is 445 g/mol. The van der Waals surface area contributed by atoms with Crippen LogP contribution in [0, 0.1) is 12.3 Å². The molecule has 0 amide bonds. The molecule has 1 atom stereocenters. The van der Waals surface area contributed by atoms with Gasteiger partial charge in [-0.1, -0.05) is 41.8 Å². The molecule has 3 heterocycles. The molecule has 2 aliphatic rings. The molecular formula is C22H26Cl2N6. The van der Waals surface area contributed by atoms with Crippen LogP contribution in [0.3, 0.4) is 0 Å². The largest absolute Gasteiger partial charge is 0.342 e. The number of halogens is 2. The Morgan fingerprint density at radius 2 is 1.97 bits per heavy atom. The first-order valence-corrected chi connectivity index (χ1v) is 11.4. The lowest BCUT2D eigenvalue weighted by Gasteiger charge is -2.43. The fourth-order valence-electron chi connectivity index (χ4n) is 5.55. The van der Waals surface area contributed by atoms with Gasteiger partial charge in [-0.3, -0.25) is 4.40 Å². The molecule has 1 spiro atoms. The van der Waals surface area contributed by atoms with Crippen LogP contribution in [0.2, 0.25) is 10.0 Å². The quantitative estimate of drug-likeness (QED) is 0.630. The van der Waals surface area contributed by atoms with Crippen molar-refractivity contribution in [1.29, 1.82) is 0 Å². The van der Waals surface area contributed by atoms with Crippen molar-refractivity contribution in [2.75, 3.05) is 25.0 Å². The number of anilines is 1. The van der Waals surface area contributed by atoms with Gasteiger partial charge in [-0.25, -0.2) is 4.98 Å². The van der Waals surface area contributed by atoms with Crippen molar-refractivity contribution in [2.24, 2.45) is 5.41 Å². The molecular weight excluding hydrogens is 419 g/mol. The summed E-state index contributed by atoms with van der Waals surface area (Å²) in [6.45, 7) is 3.99. The van der Waals surface area contributed by atoms with Crippen molar-refractivity contribution in [2.45, 2.75) is 45.1 Å². The van der Waals surface area contributed by atoms with Gasteiger partial charge in [-0.2, -0.15) is 0 Å². The standard InChI is InChI=1S/C22H26Cl2N6/c1-14-18(15-5-3-6-16(23)19(15)24)20-28-26-13-30(20)21(27-14)29-11-9-22(10-12-29)8-4-7-17(22)25-2/h3,5-6,13,17,25H,4,7-12H2,1-2H3/t17-/m1/s1. The molecule has 3 aromatic rings. The van der Waals surface area contributed by atoms with E-state index in [0.29, 0.717) is 21.5 Å². The van der Waals surface area contributed by atoms with Gasteiger partial charge in [0.1, 0.15) is 6.33 Å². The molecule has 1 N–H and O–H groups in total. The van der Waals surface area contributed by atoms with Crippen LogP contribution in [-0.4, -0.2) is 45.8 Å². The molecule has 2 fully saturated rings. The summed E-state index contributed by atoms with van der Waals surface area (Å²) in [5, 5.41) is 13.2. The van der Waals surface area contributed by atoms with Crippen LogP contribution in [0.1, 0.15) is 37.8 Å². The van der Waals surface area contributed by atoms with Gasteiger partial charge in [-0.05, 0) is 51.1 Å². The SMILES string of the molecule is CN[C@@H]1CCCC12CCN(c1nc(C)c(-c3cccc(Cl)c3Cl)c3nncn13)CC2. The van der Waals surface area contributed by atoms with Crippen molar-refractivity contribution in [3.8, 4) is 11.1 Å². The van der Waals surface area contributed by atoms with Gasteiger partial charge in [0.05, 0.1) is 15.7 Å². The highest BCUT2D eigenvalue weighted by molar-refractivity contribution is 6.43. The summed E-state index contributed by atoms with van der Waals surface area (Å²) in [6.07, 6.45) is 8.06. The van der Waals surface area contributed by atoms with Crippen LogP contribution >= 0.6 is 23.2 Å². The minimum atomic E-state index is 0.431. The molecule has 1 aliphatic carbocycles. The molecule has 1 aromatic carbocycles. The second-order valence-electron chi connectivity index (χ2n) is 8.58. The molecule has 0 unspecified atom stereocenters. The average Bonchev–Trinajstić information content (AvgIpc) is 3.38. The summed E-state index contributed by atoms with van der Waals surface area (Å²) >= 11 is 12.8. The molecule has 1 aliphatic heterocycles. The van der Waals surface area contributed by atoms with Crippen LogP contribution in [0.5, 0.6) is 0 Å². The van der Waals surface area contributed by atoms with Gasteiger partial charge in [0, 0.05) is 30.3 Å². The number of aromatic nitrogens is 4. The summed E-state index contributed by atoms with van der Waals surface area (Å²) < 4.78 is 1.99. The fourth-order valence-corrected chi connectivity index (χ4v) is 5.94. The van der Waals surface area contributed by atoms with Crippen molar-refractivity contribution in [3.05, 3.63) is 40.3 Å². The molecule has 158 valence electrons. The predicted octanol–water partition coefficient (Wildman–Crippen LogP) is 4.77. The van der Waals surface area contributed by atoms with Crippen molar-refractivity contribution >= 4 is 34.8 Å². The van der Waals surface area contributed by atoms with Gasteiger partial charge in [0.2, 0.25) is 5.95 Å². The Balaban J connectivity index is 1.52. The smallest absolute Gasteiger partial charge is 0.212 e. The molecule has 1 saturated heterocycles. The maximum absolute atomic E-state index is 6.52. The predicted molar refractivity (Wildman–Crippen MR) is 122 cm³/mol. The fraction of sp³-hybridized carbons (Fsp3) is 0.500. The second-order valence-corrected chi connectivity index (χ2v) is 9.37. The number of nitrogens with one attached hydrogen (secondary N) is 1. The van der Waals surface area contributed by atoms with Gasteiger partial charge >= 0.3 is 0 Å². The van der Waals surface area contributed by atoms with Gasteiger partial charge in [-0.15, -0.1) is 10.2 Å². The number of aryl methyl sites for hydroxylation is 1. The summed E-state index contributed by atoms with van der Waals surface area (Å²) in [6, 6.07) is 6.27. The minimum absolute atomic E-state index is 0.431. The van der Waals surface area contributed by atoms with E-state index in [1.54, 1.807) is 12.4 Å². The summed E-state index contributed by atoms with van der Waals surface area (Å²) in [4.78, 5) is 7.37. The van der Waals surface area contributed by atoms with E-state index in [-0.39, 0.29) is 0 Å². The normalized spacial score (nSPS) is 21.1. The Morgan fingerprint density at radius 1 is 1.17 bits per heavy atom. The molecule has 1 saturated carbocycles. The van der Waals surface area contributed by atoms with Crippen LogP contribution in [0.25, 0.3) is 16.8 Å². The first-order valence-electron chi connectivity index (χ1n) is 10.6. The van der Waals surface area contributed by atoms with E-state index in [2.05, 4.69) is 27.5 Å². The minimum Gasteiger partial charge on any atom is -0.342 e. The van der Waals surface area contributed by atoms with Crippen LogP contribution < -0.4 is 10.2 Å². The number of nitrogens with zero attached hydrogens (tertiary/aromatic N) is 5. The third kappa shape index (κ3) is 3.08. The molecule has 6 nitrogen and oxygen atoms in total. The second kappa shape index (κ2) is 7.66. The van der Waals surface area contributed by atoms with Crippen LogP contribution in [0.15, 0.2) is 24.5 Å². The number of hydrogen-bond donors (Lipinski definition) is 1. The Bertz CT molecular complexity index is 1090. The Kier molecular flexibility index (Phi) is 5.12. The Morgan fingerprint density at radius 3 is 2.73 bits per heavy atom. The monoisotopic (exact) mass is 444 g/mol. The number of fused-ring (bicyclic) bond motifs is 1. The number of hydrogen-bond acceptors (Lipinski definition) is 5. The Labute approximate surface area is 186 Å². The summed E-state index contributed by atoms with van der Waals surface area (Å²) in [5.74, 6) is 0.906. The van der Waals surface area contributed by atoms with E-state index in [4.69, 9.17) is 28.2 Å². The first kappa shape index (κ1) is 20.0. The third-order valence-electron chi connectivity index (χ3n) is 7.13. The zero-order valence-corrected chi connectivity index (χ0v) is 18.8. The van der Waals surface area contributed by atoms with E-state index >= 15 is 0 Å². The summed E-state index contributed by atoms with van der Waals surface area (Å²) in [5.41, 5.74) is 3.78. The maximum atomic E-state index is 6.52. The number of benzene rings is 1. The van der Waals surface area contributed by atoms with Gasteiger partial charge in [0.15, 0.2) is 5.65 Å². The first-order chi connectivity index (χ1) is 14.5. The van der Waals surface area contributed by atoms with Crippen LogP contribution in [0.4, 0.5) is 5.95 Å². The number of rotatable bonds is 3. The summed E-state index contributed by atoms with van der Waals surface area (Å²) in [7, 11) is 2.11. The highest BCUT2D eigenvalue weighted by atomic mass is 35.5. The van der Waals surface area contributed by atoms with E-state index in [9.17, 15) is 0 Å². The lowest BCUT2D eigenvalue weighted by Crippen LogP contribution is -2.48. The van der Waals surface area contributed by atoms with Gasteiger partial charge in [0.25, 0.3) is 0 Å². The zero-order valence-electron chi connectivity index (χ0n) is 17.3. The Hall–Kier alpha value is -1.89. The highest BCUT2D eigenvalue weighted by Crippen LogP contribution is 2.47. The van der Waals surface area contributed by atoms with E-state index in [1.807, 2.05) is 23.5 Å². The molecule has 2 aromatic heterocycles. The van der Waals surface area contributed by atoms with Crippen molar-refractivity contribution in [3.63, 3.8) is 0 Å². The van der Waals surface area contributed by atoms with Crippen molar-refractivity contribution in [1.82, 2.24) is 24.9 Å². The maximum Gasteiger partial charge on any atom is 0.212 e.